The minimum atomic E-state index is -0.783. The van der Waals surface area contributed by atoms with Crippen molar-refractivity contribution in [3.8, 4) is 0 Å². The fraction of sp³-hybridized carbons (Fsp3) is 0.0714. The van der Waals surface area contributed by atoms with Gasteiger partial charge in [-0.05, 0) is 25.1 Å². The summed E-state index contributed by atoms with van der Waals surface area (Å²) in [6, 6.07) is 6.28. The summed E-state index contributed by atoms with van der Waals surface area (Å²) in [5, 5.41) is 25.0. The second-order valence-electron chi connectivity index (χ2n) is 4.73. The molecule has 0 atom stereocenters. The first kappa shape index (κ1) is 17.6. The minimum Gasteiger partial charge on any atom is -0.321 e. The normalized spacial score (nSPS) is 10.3. The number of carbonyl (C=O) groups excluding carboxylic acids is 1. The molecule has 10 heteroatoms. The number of rotatable bonds is 4. The van der Waals surface area contributed by atoms with E-state index >= 15 is 0 Å². The average Bonchev–Trinajstić information content (AvgIpc) is 2.49. The monoisotopic (exact) mass is 369 g/mol. The van der Waals surface area contributed by atoms with Crippen LogP contribution in [0, 0.1) is 27.2 Å². The molecule has 124 valence electrons. The molecule has 1 amide bonds. The summed E-state index contributed by atoms with van der Waals surface area (Å²) in [5.41, 5.74) is -1.18. The van der Waals surface area contributed by atoms with Gasteiger partial charge < -0.3 is 5.32 Å². The van der Waals surface area contributed by atoms with Gasteiger partial charge in [0.05, 0.1) is 26.1 Å². The first-order valence-electron chi connectivity index (χ1n) is 6.40. The number of anilines is 1. The molecular formula is C14H9Cl2N3O5. The number of amides is 1. The topological polar surface area (TPSA) is 115 Å². The number of hydrogen-bond acceptors (Lipinski definition) is 5. The zero-order valence-corrected chi connectivity index (χ0v) is 13.6. The van der Waals surface area contributed by atoms with Crippen LogP contribution in [-0.4, -0.2) is 15.8 Å². The number of benzene rings is 2. The van der Waals surface area contributed by atoms with E-state index in [0.717, 1.165) is 12.1 Å². The van der Waals surface area contributed by atoms with Crippen LogP contribution in [-0.2, 0) is 0 Å². The molecule has 0 saturated heterocycles. The maximum atomic E-state index is 12.3. The van der Waals surface area contributed by atoms with Crippen molar-refractivity contribution in [2.24, 2.45) is 0 Å². The second-order valence-corrected chi connectivity index (χ2v) is 5.58. The van der Waals surface area contributed by atoms with Gasteiger partial charge in [0.15, 0.2) is 0 Å². The van der Waals surface area contributed by atoms with Crippen LogP contribution in [0.1, 0.15) is 15.9 Å². The van der Waals surface area contributed by atoms with Crippen LogP contribution in [0.2, 0.25) is 10.0 Å². The molecule has 2 aromatic rings. The maximum absolute atomic E-state index is 12.3. The molecule has 0 aliphatic carbocycles. The van der Waals surface area contributed by atoms with Crippen LogP contribution in [0.15, 0.2) is 30.3 Å². The van der Waals surface area contributed by atoms with Crippen LogP contribution >= 0.6 is 23.2 Å². The summed E-state index contributed by atoms with van der Waals surface area (Å²) < 4.78 is 0. The fourth-order valence-electron chi connectivity index (χ4n) is 1.98. The van der Waals surface area contributed by atoms with Crippen LogP contribution in [0.25, 0.3) is 0 Å². The summed E-state index contributed by atoms with van der Waals surface area (Å²) in [5.74, 6) is -0.773. The van der Waals surface area contributed by atoms with Gasteiger partial charge in [0.2, 0.25) is 0 Å². The fourth-order valence-corrected chi connectivity index (χ4v) is 2.44. The molecule has 0 aliphatic heterocycles. The number of nitrogens with one attached hydrogen (secondary N) is 1. The van der Waals surface area contributed by atoms with Crippen molar-refractivity contribution in [1.82, 2.24) is 0 Å². The van der Waals surface area contributed by atoms with Gasteiger partial charge in [0.1, 0.15) is 5.56 Å². The predicted octanol–water partition coefficient (Wildman–Crippen LogP) is 4.37. The Balaban J connectivity index is 2.45. The van der Waals surface area contributed by atoms with E-state index < -0.39 is 27.1 Å². The third-order valence-corrected chi connectivity index (χ3v) is 3.74. The van der Waals surface area contributed by atoms with E-state index in [9.17, 15) is 25.0 Å². The van der Waals surface area contributed by atoms with Crippen LogP contribution < -0.4 is 5.32 Å². The summed E-state index contributed by atoms with van der Waals surface area (Å²) in [7, 11) is 0. The Morgan fingerprint density at radius 3 is 2.04 bits per heavy atom. The molecule has 1 N–H and O–H groups in total. The van der Waals surface area contributed by atoms with Gasteiger partial charge >= 0.3 is 0 Å². The Labute approximate surface area is 145 Å². The molecule has 0 bridgehead atoms. The Morgan fingerprint density at radius 1 is 1.04 bits per heavy atom. The van der Waals surface area contributed by atoms with Crippen LogP contribution in [0.4, 0.5) is 17.1 Å². The highest BCUT2D eigenvalue weighted by Gasteiger charge is 2.25. The lowest BCUT2D eigenvalue weighted by molar-refractivity contribution is -0.395. The highest BCUT2D eigenvalue weighted by atomic mass is 35.5. The first-order chi connectivity index (χ1) is 11.2. The lowest BCUT2D eigenvalue weighted by Gasteiger charge is -2.08. The zero-order valence-electron chi connectivity index (χ0n) is 12.1. The quantitative estimate of drug-likeness (QED) is 0.634. The summed E-state index contributed by atoms with van der Waals surface area (Å²) in [6.07, 6.45) is 0. The first-order valence-corrected chi connectivity index (χ1v) is 7.16. The summed E-state index contributed by atoms with van der Waals surface area (Å²) in [4.78, 5) is 32.8. The Bertz CT molecular complexity index is 834. The van der Waals surface area contributed by atoms with Crippen LogP contribution in [0.3, 0.4) is 0 Å². The highest BCUT2D eigenvalue weighted by molar-refractivity contribution is 6.36. The van der Waals surface area contributed by atoms with Crippen molar-refractivity contribution in [2.75, 3.05) is 5.32 Å². The standard InChI is InChI=1S/C14H9Cl2N3O5/c1-7-12(18(21)22)4-8(5-13(7)19(23)24)14(20)17-11-3-2-9(15)6-10(11)16/h2-6H,1H3,(H,17,20). The number of carbonyl (C=O) groups is 1. The molecule has 0 aromatic heterocycles. The summed E-state index contributed by atoms with van der Waals surface area (Å²) in [6.45, 7) is 1.24. The van der Waals surface area contributed by atoms with Gasteiger partial charge in [0.25, 0.3) is 17.3 Å². The summed E-state index contributed by atoms with van der Waals surface area (Å²) >= 11 is 11.7. The molecule has 0 radical (unpaired) electrons. The molecule has 0 unspecified atom stereocenters. The Kier molecular flexibility index (Phi) is 5.01. The van der Waals surface area contributed by atoms with E-state index in [1.54, 1.807) is 0 Å². The molecule has 24 heavy (non-hydrogen) atoms. The SMILES string of the molecule is Cc1c([N+](=O)[O-])cc(C(=O)Nc2ccc(Cl)cc2Cl)cc1[N+](=O)[O-]. The highest BCUT2D eigenvalue weighted by Crippen LogP contribution is 2.30. The van der Waals surface area contributed by atoms with E-state index in [2.05, 4.69) is 5.32 Å². The molecule has 0 fully saturated rings. The average molecular weight is 370 g/mol. The van der Waals surface area contributed by atoms with Gasteiger partial charge in [-0.2, -0.15) is 0 Å². The smallest absolute Gasteiger partial charge is 0.279 e. The lowest BCUT2D eigenvalue weighted by Crippen LogP contribution is -2.13. The molecule has 0 spiro atoms. The van der Waals surface area contributed by atoms with Crippen molar-refractivity contribution < 1.29 is 14.6 Å². The van der Waals surface area contributed by atoms with Gasteiger partial charge in [-0.3, -0.25) is 25.0 Å². The van der Waals surface area contributed by atoms with E-state index in [-0.39, 0.29) is 21.8 Å². The van der Waals surface area contributed by atoms with Gasteiger partial charge in [-0.25, -0.2) is 0 Å². The van der Waals surface area contributed by atoms with Crippen molar-refractivity contribution in [1.29, 1.82) is 0 Å². The number of nitro benzene ring substituents is 2. The molecule has 0 heterocycles. The third-order valence-electron chi connectivity index (χ3n) is 3.19. The Morgan fingerprint density at radius 2 is 1.58 bits per heavy atom. The third kappa shape index (κ3) is 3.61. The molecular weight excluding hydrogens is 361 g/mol. The lowest BCUT2D eigenvalue weighted by atomic mass is 10.1. The number of halogens is 2. The number of nitrogens with zero attached hydrogens (tertiary/aromatic N) is 2. The van der Waals surface area contributed by atoms with Crippen molar-refractivity contribution >= 4 is 46.2 Å². The van der Waals surface area contributed by atoms with Crippen molar-refractivity contribution in [3.05, 3.63) is 71.7 Å². The van der Waals surface area contributed by atoms with Crippen molar-refractivity contribution in [2.45, 2.75) is 6.92 Å². The predicted molar refractivity (Wildman–Crippen MR) is 88.9 cm³/mol. The van der Waals surface area contributed by atoms with Gasteiger partial charge in [-0.1, -0.05) is 23.2 Å². The van der Waals surface area contributed by atoms with E-state index in [1.165, 1.54) is 25.1 Å². The van der Waals surface area contributed by atoms with E-state index in [4.69, 9.17) is 23.2 Å². The molecule has 0 aliphatic rings. The molecule has 2 aromatic carbocycles. The number of nitro groups is 2. The molecule has 0 saturated carbocycles. The Hall–Kier alpha value is -2.71. The van der Waals surface area contributed by atoms with E-state index in [1.807, 2.05) is 0 Å². The van der Waals surface area contributed by atoms with E-state index in [0.29, 0.717) is 5.02 Å². The molecule has 2 rings (SSSR count). The number of hydrogen-bond donors (Lipinski definition) is 1. The zero-order chi connectivity index (χ0) is 18.0. The minimum absolute atomic E-state index is 0.133. The second kappa shape index (κ2) is 6.81. The largest absolute Gasteiger partial charge is 0.321 e. The maximum Gasteiger partial charge on any atom is 0.279 e. The molecule has 8 nitrogen and oxygen atoms in total. The van der Waals surface area contributed by atoms with Crippen molar-refractivity contribution in [3.63, 3.8) is 0 Å². The van der Waals surface area contributed by atoms with Crippen LogP contribution in [0.5, 0.6) is 0 Å². The van der Waals surface area contributed by atoms with Gasteiger partial charge in [-0.15, -0.1) is 0 Å². The van der Waals surface area contributed by atoms with Gasteiger partial charge in [0, 0.05) is 17.2 Å².